The van der Waals surface area contributed by atoms with Gasteiger partial charge in [0, 0.05) is 12.1 Å². The highest BCUT2D eigenvalue weighted by atomic mass is 35.5. The summed E-state index contributed by atoms with van der Waals surface area (Å²) in [5, 5.41) is 8.72. The predicted octanol–water partition coefficient (Wildman–Crippen LogP) is 1.11. The number of nitrogens with one attached hydrogen (secondary N) is 2. The zero-order chi connectivity index (χ0) is 19.0. The fraction of sp³-hybridized carbons (Fsp3) is 0.333. The van der Waals surface area contributed by atoms with Gasteiger partial charge in [-0.2, -0.15) is 4.31 Å². The number of aromatic amines is 1. The van der Waals surface area contributed by atoms with Gasteiger partial charge in [-0.15, -0.1) is 11.6 Å². The van der Waals surface area contributed by atoms with Crippen molar-refractivity contribution in [3.05, 3.63) is 42.5 Å². The van der Waals surface area contributed by atoms with E-state index in [2.05, 4.69) is 9.97 Å². The standard InChI is InChI=1S/C15H19ClN4O5S/c16-6-1-7-25-13-2-4-14(5-3-13)26(23,24)20(10-15(21)19-22)9-12-8-17-11-18-12/h2-5,8,11,22H,1,6-7,9-10H2,(H,17,18)(H,19,21). The average molecular weight is 403 g/mol. The largest absolute Gasteiger partial charge is 0.494 e. The Morgan fingerprint density at radius 1 is 1.35 bits per heavy atom. The van der Waals surface area contributed by atoms with Crippen molar-refractivity contribution >= 4 is 27.5 Å². The van der Waals surface area contributed by atoms with E-state index in [1.165, 1.54) is 42.3 Å². The van der Waals surface area contributed by atoms with Crippen LogP contribution in [0.1, 0.15) is 12.1 Å². The molecule has 0 aliphatic carbocycles. The summed E-state index contributed by atoms with van der Waals surface area (Å²) in [6, 6.07) is 5.83. The fourth-order valence-electron chi connectivity index (χ4n) is 2.08. The summed E-state index contributed by atoms with van der Waals surface area (Å²) in [6.45, 7) is -0.259. The third-order valence-electron chi connectivity index (χ3n) is 3.35. The monoisotopic (exact) mass is 402 g/mol. The van der Waals surface area contributed by atoms with Crippen LogP contribution in [0.5, 0.6) is 5.75 Å². The molecule has 0 atom stereocenters. The maximum atomic E-state index is 12.8. The van der Waals surface area contributed by atoms with Gasteiger partial charge < -0.3 is 9.72 Å². The molecule has 9 nitrogen and oxygen atoms in total. The van der Waals surface area contributed by atoms with Crippen molar-refractivity contribution in [1.82, 2.24) is 19.8 Å². The number of alkyl halides is 1. The summed E-state index contributed by atoms with van der Waals surface area (Å²) in [4.78, 5) is 18.2. The molecule has 0 radical (unpaired) electrons. The Morgan fingerprint density at radius 3 is 2.65 bits per heavy atom. The topological polar surface area (TPSA) is 125 Å². The van der Waals surface area contributed by atoms with Crippen LogP contribution in [0, 0.1) is 0 Å². The van der Waals surface area contributed by atoms with E-state index >= 15 is 0 Å². The summed E-state index contributed by atoms with van der Waals surface area (Å²) >= 11 is 5.58. The highest BCUT2D eigenvalue weighted by molar-refractivity contribution is 7.89. The van der Waals surface area contributed by atoms with Crippen LogP contribution in [-0.2, 0) is 21.4 Å². The van der Waals surface area contributed by atoms with E-state index in [4.69, 9.17) is 21.5 Å². The van der Waals surface area contributed by atoms with Crippen molar-refractivity contribution < 1.29 is 23.2 Å². The molecule has 2 aromatic rings. The van der Waals surface area contributed by atoms with Crippen LogP contribution in [0.4, 0.5) is 0 Å². The quantitative estimate of drug-likeness (QED) is 0.237. The second-order valence-electron chi connectivity index (χ2n) is 5.23. The van der Waals surface area contributed by atoms with E-state index < -0.39 is 22.5 Å². The molecule has 0 unspecified atom stereocenters. The van der Waals surface area contributed by atoms with Gasteiger partial charge in [0.15, 0.2) is 0 Å². The molecule has 1 heterocycles. The van der Waals surface area contributed by atoms with Crippen molar-refractivity contribution in [2.45, 2.75) is 17.9 Å². The number of nitrogens with zero attached hydrogens (tertiary/aromatic N) is 2. The number of hydrogen-bond donors (Lipinski definition) is 3. The molecule has 0 saturated heterocycles. The molecule has 3 N–H and O–H groups in total. The molecule has 1 aromatic heterocycles. The molecule has 26 heavy (non-hydrogen) atoms. The van der Waals surface area contributed by atoms with Crippen LogP contribution in [0.15, 0.2) is 41.7 Å². The zero-order valence-electron chi connectivity index (χ0n) is 13.8. The second kappa shape index (κ2) is 9.53. The first kappa shape index (κ1) is 20.2. The highest BCUT2D eigenvalue weighted by Crippen LogP contribution is 2.21. The SMILES string of the molecule is O=C(CN(Cc1c[nH]cn1)S(=O)(=O)c1ccc(OCCCCl)cc1)NO. The van der Waals surface area contributed by atoms with Gasteiger partial charge in [0.1, 0.15) is 5.75 Å². The number of hydrogen-bond acceptors (Lipinski definition) is 6. The number of ether oxygens (including phenoxy) is 1. The lowest BCUT2D eigenvalue weighted by atomic mass is 10.3. The van der Waals surface area contributed by atoms with Gasteiger partial charge in [-0.25, -0.2) is 18.9 Å². The third-order valence-corrected chi connectivity index (χ3v) is 5.42. The Balaban J connectivity index is 2.20. The maximum absolute atomic E-state index is 12.8. The van der Waals surface area contributed by atoms with Crippen molar-refractivity contribution in [3.8, 4) is 5.75 Å². The number of carbonyl (C=O) groups is 1. The Hall–Kier alpha value is -2.14. The highest BCUT2D eigenvalue weighted by Gasteiger charge is 2.27. The summed E-state index contributed by atoms with van der Waals surface area (Å²) in [6.07, 6.45) is 3.60. The fourth-order valence-corrected chi connectivity index (χ4v) is 3.56. The Labute approximate surface area is 156 Å². The first-order valence-electron chi connectivity index (χ1n) is 7.67. The molecule has 1 amide bonds. The van der Waals surface area contributed by atoms with Gasteiger partial charge in [-0.1, -0.05) is 0 Å². The van der Waals surface area contributed by atoms with Gasteiger partial charge in [0.25, 0.3) is 5.91 Å². The third kappa shape index (κ3) is 5.43. The normalized spacial score (nSPS) is 11.5. The molecule has 142 valence electrons. The summed E-state index contributed by atoms with van der Waals surface area (Å²) in [7, 11) is -3.99. The number of imidazole rings is 1. The van der Waals surface area contributed by atoms with E-state index in [0.29, 0.717) is 30.4 Å². The Morgan fingerprint density at radius 2 is 2.08 bits per heavy atom. The Kier molecular flexibility index (Phi) is 7.39. The lowest BCUT2D eigenvalue weighted by Gasteiger charge is -2.20. The van der Waals surface area contributed by atoms with Crippen molar-refractivity contribution in [1.29, 1.82) is 0 Å². The van der Waals surface area contributed by atoms with E-state index in [1.54, 1.807) is 0 Å². The minimum atomic E-state index is -3.99. The number of benzene rings is 1. The van der Waals surface area contributed by atoms with E-state index in [-0.39, 0.29) is 11.4 Å². The Bertz CT molecular complexity index is 796. The summed E-state index contributed by atoms with van der Waals surface area (Å²) < 4.78 is 32.1. The minimum Gasteiger partial charge on any atom is -0.494 e. The molecular weight excluding hydrogens is 384 g/mol. The van der Waals surface area contributed by atoms with Gasteiger partial charge in [-0.05, 0) is 30.7 Å². The zero-order valence-corrected chi connectivity index (χ0v) is 15.3. The van der Waals surface area contributed by atoms with Crippen molar-refractivity contribution in [2.24, 2.45) is 0 Å². The molecule has 0 saturated carbocycles. The summed E-state index contributed by atoms with van der Waals surface area (Å²) in [5.41, 5.74) is 1.86. The smallest absolute Gasteiger partial charge is 0.258 e. The molecule has 0 spiro atoms. The van der Waals surface area contributed by atoms with Crippen LogP contribution < -0.4 is 10.2 Å². The molecule has 11 heteroatoms. The molecule has 1 aromatic carbocycles. The number of hydroxylamine groups is 1. The van der Waals surface area contributed by atoms with Gasteiger partial charge >= 0.3 is 0 Å². The number of H-pyrrole nitrogens is 1. The van der Waals surface area contributed by atoms with Crippen LogP contribution in [0.3, 0.4) is 0 Å². The van der Waals surface area contributed by atoms with Gasteiger partial charge in [0.05, 0.1) is 36.6 Å². The van der Waals surface area contributed by atoms with E-state index in [1.807, 2.05) is 0 Å². The van der Waals surface area contributed by atoms with Crippen LogP contribution in [-0.4, -0.2) is 52.8 Å². The molecular formula is C15H19ClN4O5S. The summed E-state index contributed by atoms with van der Waals surface area (Å²) in [5.74, 6) is 0.132. The number of rotatable bonds is 10. The van der Waals surface area contributed by atoms with E-state index in [0.717, 1.165) is 4.31 Å². The second-order valence-corrected chi connectivity index (χ2v) is 7.55. The van der Waals surface area contributed by atoms with Crippen molar-refractivity contribution in [3.63, 3.8) is 0 Å². The van der Waals surface area contributed by atoms with Crippen LogP contribution >= 0.6 is 11.6 Å². The predicted molar refractivity (Wildman–Crippen MR) is 93.4 cm³/mol. The number of sulfonamides is 1. The van der Waals surface area contributed by atoms with Crippen LogP contribution in [0.25, 0.3) is 0 Å². The van der Waals surface area contributed by atoms with Gasteiger partial charge in [0.2, 0.25) is 10.0 Å². The van der Waals surface area contributed by atoms with Crippen LogP contribution in [0.2, 0.25) is 0 Å². The van der Waals surface area contributed by atoms with Crippen molar-refractivity contribution in [2.75, 3.05) is 19.0 Å². The lowest BCUT2D eigenvalue weighted by molar-refractivity contribution is -0.129. The lowest BCUT2D eigenvalue weighted by Crippen LogP contribution is -2.39. The minimum absolute atomic E-state index is 0.0107. The first-order chi connectivity index (χ1) is 12.5. The number of aromatic nitrogens is 2. The average Bonchev–Trinajstić information content (AvgIpc) is 3.15. The molecule has 0 aliphatic rings. The molecule has 0 aliphatic heterocycles. The molecule has 0 fully saturated rings. The molecule has 0 bridgehead atoms. The number of amides is 1. The maximum Gasteiger partial charge on any atom is 0.258 e. The first-order valence-corrected chi connectivity index (χ1v) is 9.64. The molecule has 2 rings (SSSR count). The number of carbonyl (C=O) groups excluding carboxylic acids is 1. The van der Waals surface area contributed by atoms with E-state index in [9.17, 15) is 13.2 Å². The number of halogens is 1. The van der Waals surface area contributed by atoms with Gasteiger partial charge in [-0.3, -0.25) is 10.0 Å².